The molecule has 1 aromatic rings. The molecule has 17 heavy (non-hydrogen) atoms. The molecule has 0 aromatic carbocycles. The van der Waals surface area contributed by atoms with Gasteiger partial charge >= 0.3 is 5.97 Å². The van der Waals surface area contributed by atoms with Gasteiger partial charge in [0.05, 0.1) is 5.92 Å². The number of anilines is 1. The molecule has 94 valence electrons. The normalized spacial score (nSPS) is 12.5. The number of carboxylic acid groups (broad SMARTS) is 1. The van der Waals surface area contributed by atoms with Crippen LogP contribution in [0, 0.1) is 5.92 Å². The van der Waals surface area contributed by atoms with Crippen molar-refractivity contribution < 1.29 is 9.90 Å². The number of hydrogen-bond acceptors (Lipinski definition) is 4. The molecule has 1 heterocycles. The highest BCUT2D eigenvalue weighted by Gasteiger charge is 2.14. The lowest BCUT2D eigenvalue weighted by Crippen LogP contribution is -2.22. The van der Waals surface area contributed by atoms with Gasteiger partial charge in [0.1, 0.15) is 12.1 Å². The van der Waals surface area contributed by atoms with Crippen LogP contribution in [-0.2, 0) is 4.79 Å². The Morgan fingerprint density at radius 3 is 2.71 bits per heavy atom. The van der Waals surface area contributed by atoms with E-state index in [4.69, 9.17) is 5.11 Å². The van der Waals surface area contributed by atoms with E-state index in [0.29, 0.717) is 24.7 Å². The average Bonchev–Trinajstić information content (AvgIpc) is 2.29. The van der Waals surface area contributed by atoms with E-state index in [1.807, 2.05) is 13.0 Å². The Morgan fingerprint density at radius 2 is 2.18 bits per heavy atom. The number of aliphatic carboxylic acids is 1. The maximum absolute atomic E-state index is 10.9. The van der Waals surface area contributed by atoms with Gasteiger partial charge in [-0.05, 0) is 12.3 Å². The van der Waals surface area contributed by atoms with Gasteiger partial charge in [0.15, 0.2) is 0 Å². The summed E-state index contributed by atoms with van der Waals surface area (Å²) >= 11 is 0. The molecule has 0 aliphatic carbocycles. The molecule has 0 radical (unpaired) electrons. The van der Waals surface area contributed by atoms with E-state index in [9.17, 15) is 4.79 Å². The Bertz CT molecular complexity index is 380. The van der Waals surface area contributed by atoms with Gasteiger partial charge in [0, 0.05) is 18.3 Å². The first-order chi connectivity index (χ1) is 8.04. The van der Waals surface area contributed by atoms with Crippen molar-refractivity contribution in [2.75, 3.05) is 11.9 Å². The molecule has 0 amide bonds. The van der Waals surface area contributed by atoms with Crippen LogP contribution in [0.3, 0.4) is 0 Å². The minimum absolute atomic E-state index is 0.333. The van der Waals surface area contributed by atoms with E-state index in [-0.39, 0.29) is 5.92 Å². The second-order valence-electron chi connectivity index (χ2n) is 4.31. The average molecular weight is 237 g/mol. The van der Waals surface area contributed by atoms with Gasteiger partial charge in [-0.2, -0.15) is 0 Å². The van der Waals surface area contributed by atoms with E-state index in [2.05, 4.69) is 29.1 Å². The monoisotopic (exact) mass is 237 g/mol. The lowest BCUT2D eigenvalue weighted by Gasteiger charge is -2.12. The highest BCUT2D eigenvalue weighted by Crippen LogP contribution is 2.14. The van der Waals surface area contributed by atoms with Gasteiger partial charge in [-0.25, -0.2) is 9.97 Å². The van der Waals surface area contributed by atoms with Crippen molar-refractivity contribution in [1.82, 2.24) is 9.97 Å². The van der Waals surface area contributed by atoms with Crippen LogP contribution in [0.4, 0.5) is 5.82 Å². The zero-order valence-electron chi connectivity index (χ0n) is 10.5. The first-order valence-corrected chi connectivity index (χ1v) is 5.83. The maximum atomic E-state index is 10.9. The molecule has 1 aromatic heterocycles. The first-order valence-electron chi connectivity index (χ1n) is 5.83. The molecule has 1 unspecified atom stereocenters. The van der Waals surface area contributed by atoms with Crippen LogP contribution in [0.2, 0.25) is 0 Å². The van der Waals surface area contributed by atoms with Crippen LogP contribution in [0.15, 0.2) is 12.4 Å². The van der Waals surface area contributed by atoms with Crippen molar-refractivity contribution in [1.29, 1.82) is 0 Å². The van der Waals surface area contributed by atoms with Crippen LogP contribution < -0.4 is 5.32 Å². The second kappa shape index (κ2) is 6.18. The van der Waals surface area contributed by atoms with Crippen LogP contribution in [0.1, 0.15) is 38.8 Å². The number of nitrogens with zero attached hydrogens (tertiary/aromatic N) is 2. The van der Waals surface area contributed by atoms with Crippen molar-refractivity contribution in [3.63, 3.8) is 0 Å². The van der Waals surface area contributed by atoms with Crippen molar-refractivity contribution in [2.45, 2.75) is 33.1 Å². The minimum Gasteiger partial charge on any atom is -0.481 e. The summed E-state index contributed by atoms with van der Waals surface area (Å²) in [5, 5.41) is 12.0. The largest absolute Gasteiger partial charge is 0.481 e. The van der Waals surface area contributed by atoms with Crippen molar-refractivity contribution in [3.05, 3.63) is 18.1 Å². The quantitative estimate of drug-likeness (QED) is 0.792. The zero-order valence-corrected chi connectivity index (χ0v) is 10.5. The molecule has 0 saturated heterocycles. The molecule has 0 saturated carbocycles. The summed E-state index contributed by atoms with van der Waals surface area (Å²) in [6.45, 7) is 6.36. The van der Waals surface area contributed by atoms with Gasteiger partial charge in [-0.1, -0.05) is 20.8 Å². The fourth-order valence-electron chi connectivity index (χ4n) is 1.42. The predicted octanol–water partition coefficient (Wildman–Crippen LogP) is 2.12. The standard InChI is InChI=1S/C12H19N3O2/c1-4-9(12(16)17)6-13-11-5-10(8(2)3)14-7-15-11/h5,7-9H,4,6H2,1-3H3,(H,16,17)(H,13,14,15). The minimum atomic E-state index is -0.780. The first kappa shape index (κ1) is 13.4. The third-order valence-corrected chi connectivity index (χ3v) is 2.65. The lowest BCUT2D eigenvalue weighted by atomic mass is 10.1. The summed E-state index contributed by atoms with van der Waals surface area (Å²) in [6.07, 6.45) is 2.10. The molecule has 0 aliphatic heterocycles. The summed E-state index contributed by atoms with van der Waals surface area (Å²) in [7, 11) is 0. The van der Waals surface area contributed by atoms with E-state index in [1.165, 1.54) is 6.33 Å². The Hall–Kier alpha value is -1.65. The van der Waals surface area contributed by atoms with Crippen molar-refractivity contribution in [3.8, 4) is 0 Å². The Balaban J connectivity index is 2.62. The third-order valence-electron chi connectivity index (χ3n) is 2.65. The molecule has 5 nitrogen and oxygen atoms in total. The molecule has 1 atom stereocenters. The number of carbonyl (C=O) groups is 1. The molecule has 2 N–H and O–H groups in total. The Morgan fingerprint density at radius 1 is 1.47 bits per heavy atom. The summed E-state index contributed by atoms with van der Waals surface area (Å²) in [5.74, 6) is -0.144. The molecule has 1 rings (SSSR count). The maximum Gasteiger partial charge on any atom is 0.308 e. The van der Waals surface area contributed by atoms with E-state index < -0.39 is 5.97 Å². The number of carboxylic acids is 1. The number of rotatable bonds is 6. The molecule has 0 bridgehead atoms. The van der Waals surface area contributed by atoms with Crippen LogP contribution >= 0.6 is 0 Å². The molecular formula is C12H19N3O2. The van der Waals surface area contributed by atoms with Crippen LogP contribution in [-0.4, -0.2) is 27.6 Å². The third kappa shape index (κ3) is 4.01. The topological polar surface area (TPSA) is 75.1 Å². The smallest absolute Gasteiger partial charge is 0.308 e. The summed E-state index contributed by atoms with van der Waals surface area (Å²) in [4.78, 5) is 19.1. The number of aromatic nitrogens is 2. The number of nitrogens with one attached hydrogen (secondary N) is 1. The van der Waals surface area contributed by atoms with Gasteiger partial charge in [0.2, 0.25) is 0 Å². The van der Waals surface area contributed by atoms with Gasteiger partial charge < -0.3 is 10.4 Å². The van der Waals surface area contributed by atoms with Gasteiger partial charge in [-0.15, -0.1) is 0 Å². The van der Waals surface area contributed by atoms with Crippen molar-refractivity contribution in [2.24, 2.45) is 5.92 Å². The van der Waals surface area contributed by atoms with Gasteiger partial charge in [-0.3, -0.25) is 4.79 Å². The van der Waals surface area contributed by atoms with E-state index >= 15 is 0 Å². The van der Waals surface area contributed by atoms with Crippen LogP contribution in [0.5, 0.6) is 0 Å². The highest BCUT2D eigenvalue weighted by atomic mass is 16.4. The fraction of sp³-hybridized carbons (Fsp3) is 0.583. The molecule has 0 aliphatic rings. The molecule has 5 heteroatoms. The zero-order chi connectivity index (χ0) is 12.8. The van der Waals surface area contributed by atoms with Crippen molar-refractivity contribution >= 4 is 11.8 Å². The highest BCUT2D eigenvalue weighted by molar-refractivity contribution is 5.70. The van der Waals surface area contributed by atoms with E-state index in [1.54, 1.807) is 0 Å². The molecular weight excluding hydrogens is 218 g/mol. The fourth-order valence-corrected chi connectivity index (χ4v) is 1.42. The lowest BCUT2D eigenvalue weighted by molar-refractivity contribution is -0.141. The SMILES string of the molecule is CCC(CNc1cc(C(C)C)ncn1)C(=O)O. The van der Waals surface area contributed by atoms with Crippen LogP contribution in [0.25, 0.3) is 0 Å². The molecule has 0 fully saturated rings. The Kier molecular flexibility index (Phi) is 4.87. The number of hydrogen-bond donors (Lipinski definition) is 2. The Labute approximate surface area is 101 Å². The predicted molar refractivity (Wildman–Crippen MR) is 66.0 cm³/mol. The summed E-state index contributed by atoms with van der Waals surface area (Å²) in [5.41, 5.74) is 0.950. The molecule has 0 spiro atoms. The summed E-state index contributed by atoms with van der Waals surface area (Å²) < 4.78 is 0. The summed E-state index contributed by atoms with van der Waals surface area (Å²) in [6, 6.07) is 1.86. The van der Waals surface area contributed by atoms with E-state index in [0.717, 1.165) is 5.69 Å². The second-order valence-corrected chi connectivity index (χ2v) is 4.31. The van der Waals surface area contributed by atoms with Gasteiger partial charge in [0.25, 0.3) is 0 Å².